The molecule has 0 N–H and O–H groups in total. The maximum atomic E-state index is 12.6. The summed E-state index contributed by atoms with van der Waals surface area (Å²) in [6.45, 7) is 3.72. The molecule has 1 rings (SSSR count). The van der Waals surface area contributed by atoms with Gasteiger partial charge in [0.1, 0.15) is 5.25 Å². The fraction of sp³-hybridized carbons (Fsp3) is 0.875. The molecule has 1 aliphatic heterocycles. The van der Waals surface area contributed by atoms with Crippen molar-refractivity contribution in [2.45, 2.75) is 38.0 Å². The van der Waals surface area contributed by atoms with Gasteiger partial charge in [-0.25, -0.2) is 0 Å². The monoisotopic (exact) mass is 223 g/mol. The second-order valence-corrected chi connectivity index (χ2v) is 5.22. The third kappa shape index (κ3) is 2.23. The first-order valence-electron chi connectivity index (χ1n) is 4.59. The highest BCUT2D eigenvalue weighted by molar-refractivity contribution is 7.87. The average Bonchev–Trinajstić information content (AvgIpc) is 2.45. The van der Waals surface area contributed by atoms with Crippen molar-refractivity contribution in [3.63, 3.8) is 0 Å². The second-order valence-electron chi connectivity index (χ2n) is 3.61. The minimum atomic E-state index is -4.57. The Bertz CT molecular complexity index is 327. The number of amides is 1. The lowest BCUT2D eigenvalue weighted by atomic mass is 10.2. The normalized spacial score (nSPS) is 25.5. The van der Waals surface area contributed by atoms with Crippen molar-refractivity contribution in [1.82, 2.24) is 4.90 Å². The van der Waals surface area contributed by atoms with E-state index in [2.05, 4.69) is 0 Å². The molecule has 1 amide bonds. The quantitative estimate of drug-likeness (QED) is 0.661. The molecule has 0 aromatic rings. The third-order valence-corrected chi connectivity index (χ3v) is 3.76. The molecule has 0 spiro atoms. The second kappa shape index (κ2) is 3.84. The predicted molar refractivity (Wildman–Crippen MR) is 49.9 cm³/mol. The van der Waals surface area contributed by atoms with Crippen LogP contribution in [0.2, 0.25) is 0 Å². The zero-order valence-corrected chi connectivity index (χ0v) is 9.05. The number of rotatable bonds is 3. The maximum absolute atomic E-state index is 12.6. The molecule has 0 aromatic heterocycles. The van der Waals surface area contributed by atoms with Gasteiger partial charge in [-0.1, -0.05) is 6.92 Å². The number of likely N-dealkylation sites (tertiary alicyclic amines) is 1. The van der Waals surface area contributed by atoms with E-state index in [4.69, 9.17) is 0 Å². The van der Waals surface area contributed by atoms with E-state index in [1.165, 1.54) is 4.90 Å². The van der Waals surface area contributed by atoms with Crippen molar-refractivity contribution in [1.29, 1.82) is 0 Å². The van der Waals surface area contributed by atoms with Gasteiger partial charge in [-0.3, -0.25) is 4.79 Å². The highest BCUT2D eigenvalue weighted by atomic mass is 32.3. The lowest BCUT2D eigenvalue weighted by Crippen LogP contribution is -2.34. The van der Waals surface area contributed by atoms with Crippen LogP contribution in [0.15, 0.2) is 0 Å². The first kappa shape index (κ1) is 11.4. The Balaban J connectivity index is 2.75. The predicted octanol–water partition coefficient (Wildman–Crippen LogP) is 0.685. The molecule has 4 nitrogen and oxygen atoms in total. The number of hydrogen-bond donors (Lipinski definition) is 0. The molecule has 0 radical (unpaired) electrons. The van der Waals surface area contributed by atoms with Crippen LogP contribution in [0.3, 0.4) is 0 Å². The van der Waals surface area contributed by atoms with E-state index >= 15 is 0 Å². The Hall–Kier alpha value is -0.650. The van der Waals surface area contributed by atoms with Gasteiger partial charge in [0.05, 0.1) is 0 Å². The van der Waals surface area contributed by atoms with Crippen molar-refractivity contribution in [3.8, 4) is 0 Å². The molecule has 1 fully saturated rings. The van der Waals surface area contributed by atoms with E-state index in [0.717, 1.165) is 6.42 Å². The summed E-state index contributed by atoms with van der Waals surface area (Å²) in [4.78, 5) is 12.8. The fourth-order valence-corrected chi connectivity index (χ4v) is 2.21. The SMILES string of the molecule is CCC(C)N1CC(S(=O)(=O)F)CC1=O. The summed E-state index contributed by atoms with van der Waals surface area (Å²) < 4.78 is 33.8. The summed E-state index contributed by atoms with van der Waals surface area (Å²) in [6.07, 6.45) is 0.522. The van der Waals surface area contributed by atoms with Gasteiger partial charge in [0, 0.05) is 19.0 Å². The lowest BCUT2D eigenvalue weighted by Gasteiger charge is -2.22. The minimum Gasteiger partial charge on any atom is -0.339 e. The maximum Gasteiger partial charge on any atom is 0.307 e. The molecule has 0 aliphatic carbocycles. The van der Waals surface area contributed by atoms with E-state index in [9.17, 15) is 17.1 Å². The molecule has 0 bridgehead atoms. The molecule has 2 unspecified atom stereocenters. The Kier molecular flexibility index (Phi) is 3.14. The van der Waals surface area contributed by atoms with Crippen molar-refractivity contribution in [2.24, 2.45) is 0 Å². The Labute approximate surface area is 83.3 Å². The van der Waals surface area contributed by atoms with Gasteiger partial charge in [-0.2, -0.15) is 8.42 Å². The minimum absolute atomic E-state index is 0.00727. The van der Waals surface area contributed by atoms with Crippen LogP contribution in [0.5, 0.6) is 0 Å². The van der Waals surface area contributed by atoms with Crippen LogP contribution in [-0.4, -0.2) is 37.1 Å². The van der Waals surface area contributed by atoms with Crippen LogP contribution in [0.1, 0.15) is 26.7 Å². The highest BCUT2D eigenvalue weighted by Gasteiger charge is 2.39. The average molecular weight is 223 g/mol. The summed E-state index contributed by atoms with van der Waals surface area (Å²) in [5.41, 5.74) is 0. The smallest absolute Gasteiger partial charge is 0.307 e. The van der Waals surface area contributed by atoms with Gasteiger partial charge in [-0.05, 0) is 13.3 Å². The molecule has 6 heteroatoms. The molecule has 0 aromatic carbocycles. The van der Waals surface area contributed by atoms with Gasteiger partial charge >= 0.3 is 10.2 Å². The zero-order valence-electron chi connectivity index (χ0n) is 8.23. The van der Waals surface area contributed by atoms with Crippen molar-refractivity contribution < 1.29 is 17.1 Å². The number of carbonyl (C=O) groups is 1. The molecule has 2 atom stereocenters. The van der Waals surface area contributed by atoms with Crippen molar-refractivity contribution >= 4 is 16.1 Å². The largest absolute Gasteiger partial charge is 0.339 e. The standard InChI is InChI=1S/C8H14FNO3S/c1-3-6(2)10-5-7(4-8(10)11)14(9,12)13/h6-7H,3-5H2,1-2H3. The van der Waals surface area contributed by atoms with Gasteiger partial charge in [0.15, 0.2) is 0 Å². The molecule has 1 heterocycles. The van der Waals surface area contributed by atoms with Crippen LogP contribution >= 0.6 is 0 Å². The number of halogens is 1. The van der Waals surface area contributed by atoms with Crippen LogP contribution < -0.4 is 0 Å². The van der Waals surface area contributed by atoms with E-state index in [1.807, 2.05) is 13.8 Å². The third-order valence-electron chi connectivity index (χ3n) is 2.64. The molecular weight excluding hydrogens is 209 g/mol. The van der Waals surface area contributed by atoms with E-state index < -0.39 is 15.5 Å². The van der Waals surface area contributed by atoms with Crippen LogP contribution in [-0.2, 0) is 15.0 Å². The highest BCUT2D eigenvalue weighted by Crippen LogP contribution is 2.22. The first-order valence-corrected chi connectivity index (χ1v) is 6.03. The van der Waals surface area contributed by atoms with Crippen molar-refractivity contribution in [2.75, 3.05) is 6.54 Å². The van der Waals surface area contributed by atoms with Gasteiger partial charge in [-0.15, -0.1) is 3.89 Å². The summed E-state index contributed by atoms with van der Waals surface area (Å²) in [5, 5.41) is -1.16. The molecule has 1 saturated heterocycles. The summed E-state index contributed by atoms with van der Waals surface area (Å²) in [6, 6.07) is -0.0192. The van der Waals surface area contributed by atoms with E-state index in [-0.39, 0.29) is 24.9 Å². The fourth-order valence-electron chi connectivity index (χ4n) is 1.53. The molecule has 14 heavy (non-hydrogen) atoms. The molecular formula is C8H14FNO3S. The molecule has 1 aliphatic rings. The van der Waals surface area contributed by atoms with E-state index in [0.29, 0.717) is 0 Å². The van der Waals surface area contributed by atoms with Crippen LogP contribution in [0.4, 0.5) is 3.89 Å². The first-order chi connectivity index (χ1) is 6.36. The van der Waals surface area contributed by atoms with Gasteiger partial charge < -0.3 is 4.90 Å². The van der Waals surface area contributed by atoms with Gasteiger partial charge in [0.2, 0.25) is 5.91 Å². The molecule has 82 valence electrons. The Morgan fingerprint density at radius 3 is 2.57 bits per heavy atom. The van der Waals surface area contributed by atoms with Crippen LogP contribution in [0.25, 0.3) is 0 Å². The Morgan fingerprint density at radius 1 is 1.64 bits per heavy atom. The van der Waals surface area contributed by atoms with E-state index in [1.54, 1.807) is 0 Å². The Morgan fingerprint density at radius 2 is 2.21 bits per heavy atom. The summed E-state index contributed by atoms with van der Waals surface area (Å²) in [7, 11) is -4.57. The van der Waals surface area contributed by atoms with Crippen LogP contribution in [0, 0.1) is 0 Å². The number of carbonyl (C=O) groups excluding carboxylic acids is 1. The van der Waals surface area contributed by atoms with Gasteiger partial charge in [0.25, 0.3) is 0 Å². The summed E-state index contributed by atoms with van der Waals surface area (Å²) in [5.74, 6) is -0.273. The molecule has 0 saturated carbocycles. The topological polar surface area (TPSA) is 54.5 Å². The van der Waals surface area contributed by atoms with Crippen molar-refractivity contribution in [3.05, 3.63) is 0 Å². The number of nitrogens with zero attached hydrogens (tertiary/aromatic N) is 1. The lowest BCUT2D eigenvalue weighted by molar-refractivity contribution is -0.129. The summed E-state index contributed by atoms with van der Waals surface area (Å²) >= 11 is 0. The zero-order chi connectivity index (χ0) is 10.9. The number of hydrogen-bond acceptors (Lipinski definition) is 3.